The van der Waals surface area contributed by atoms with Crippen LogP contribution in [0, 0.1) is 12.8 Å². The molecule has 1 aliphatic carbocycles. The number of benzene rings is 1. The van der Waals surface area contributed by atoms with Crippen LogP contribution in [0.15, 0.2) is 34.0 Å². The molecule has 1 aromatic carbocycles. The van der Waals surface area contributed by atoms with Crippen LogP contribution in [-0.4, -0.2) is 40.9 Å². The van der Waals surface area contributed by atoms with Crippen LogP contribution in [0.4, 0.5) is 14.6 Å². The van der Waals surface area contributed by atoms with Gasteiger partial charge in [-0.1, -0.05) is 6.07 Å². The first-order chi connectivity index (χ1) is 15.2. The summed E-state index contributed by atoms with van der Waals surface area (Å²) in [5.41, 5.74) is 1.83. The molecule has 4 rings (SSSR count). The number of nitrogens with one attached hydrogen (secondary N) is 1. The average Bonchev–Trinajstić information content (AvgIpc) is 2.73. The number of rotatable bonds is 7. The number of pyridine rings is 2. The van der Waals surface area contributed by atoms with Crippen molar-refractivity contribution in [2.75, 3.05) is 24.7 Å². The maximum Gasteiger partial charge on any atom is 0.326 e. The van der Waals surface area contributed by atoms with Gasteiger partial charge in [-0.25, -0.2) is 13.8 Å². The summed E-state index contributed by atoms with van der Waals surface area (Å²) in [6.07, 6.45) is 1.65. The van der Waals surface area contributed by atoms with Gasteiger partial charge >= 0.3 is 5.97 Å². The van der Waals surface area contributed by atoms with E-state index in [1.165, 1.54) is 11.8 Å². The quantitative estimate of drug-likeness (QED) is 0.307. The molecule has 9 heteroatoms. The summed E-state index contributed by atoms with van der Waals surface area (Å²) < 4.78 is 33.2. The Morgan fingerprint density at radius 1 is 1.31 bits per heavy atom. The molecule has 0 aliphatic heterocycles. The number of aromatic nitrogens is 2. The molecule has 0 amide bonds. The summed E-state index contributed by atoms with van der Waals surface area (Å²) >= 11 is 1.50. The van der Waals surface area contributed by atoms with E-state index in [4.69, 9.17) is 4.74 Å². The van der Waals surface area contributed by atoms with Crippen molar-refractivity contribution >= 4 is 45.5 Å². The van der Waals surface area contributed by atoms with Crippen LogP contribution < -0.4 is 10.7 Å². The van der Waals surface area contributed by atoms with E-state index in [-0.39, 0.29) is 38.8 Å². The molecule has 0 spiro atoms. The number of fused-ring (bicyclic) bond motifs is 2. The van der Waals surface area contributed by atoms with Gasteiger partial charge in [0.25, 0.3) is 0 Å². The van der Waals surface area contributed by atoms with Gasteiger partial charge in [0.2, 0.25) is 5.92 Å². The standard InChI is InChI=1S/C23H25F2N3O3S.H2/c1-4-31-18(29)12-28-19-15(6-5-13(2)21(19)32-3)20(30)16-7-8-17(27-22(16)28)26-11-14-9-23(24,25)10-14;/h5-8,14H,4,9-12H2,1-3H3,(H,26,27);1H. The fourth-order valence-corrected chi connectivity index (χ4v) is 5.03. The van der Waals surface area contributed by atoms with Crippen LogP contribution in [0.3, 0.4) is 0 Å². The number of hydrogen-bond acceptors (Lipinski definition) is 6. The van der Waals surface area contributed by atoms with Gasteiger partial charge in [0.05, 0.1) is 17.5 Å². The summed E-state index contributed by atoms with van der Waals surface area (Å²) in [4.78, 5) is 31.2. The minimum absolute atomic E-state index is 0. The lowest BCUT2D eigenvalue weighted by atomic mass is 9.81. The van der Waals surface area contributed by atoms with Gasteiger partial charge in [0.15, 0.2) is 5.43 Å². The number of esters is 1. The van der Waals surface area contributed by atoms with Crippen LogP contribution in [0.5, 0.6) is 0 Å². The minimum atomic E-state index is -2.58. The van der Waals surface area contributed by atoms with E-state index in [2.05, 4.69) is 10.3 Å². The zero-order valence-corrected chi connectivity index (χ0v) is 19.0. The van der Waals surface area contributed by atoms with Crippen molar-refractivity contribution in [3.8, 4) is 0 Å². The Labute approximate surface area is 189 Å². The monoisotopic (exact) mass is 463 g/mol. The lowest BCUT2D eigenvalue weighted by Gasteiger charge is -2.35. The number of anilines is 1. The predicted octanol–water partition coefficient (Wildman–Crippen LogP) is 4.85. The molecule has 172 valence electrons. The molecule has 1 saturated carbocycles. The van der Waals surface area contributed by atoms with Gasteiger partial charge in [0.1, 0.15) is 18.0 Å². The summed E-state index contributed by atoms with van der Waals surface area (Å²) in [5.74, 6) is -2.65. The van der Waals surface area contributed by atoms with Crippen LogP contribution in [0.1, 0.15) is 26.8 Å². The Balaban J connectivity index is 0.00000306. The number of nitrogens with zero attached hydrogens (tertiary/aromatic N) is 2. The van der Waals surface area contributed by atoms with E-state index in [0.717, 1.165) is 10.5 Å². The van der Waals surface area contributed by atoms with Gasteiger partial charge in [0, 0.05) is 31.1 Å². The largest absolute Gasteiger partial charge is 0.465 e. The van der Waals surface area contributed by atoms with Gasteiger partial charge in [-0.3, -0.25) is 9.59 Å². The van der Waals surface area contributed by atoms with Crippen molar-refractivity contribution in [1.29, 1.82) is 0 Å². The average molecular weight is 464 g/mol. The number of carbonyl (C=O) groups is 1. The third kappa shape index (κ3) is 4.18. The van der Waals surface area contributed by atoms with Crippen LogP contribution in [-0.2, 0) is 16.1 Å². The fourth-order valence-electron chi connectivity index (χ4n) is 4.23. The van der Waals surface area contributed by atoms with Crippen molar-refractivity contribution in [1.82, 2.24) is 9.55 Å². The highest BCUT2D eigenvalue weighted by atomic mass is 32.2. The number of aryl methyl sites for hydroxylation is 1. The molecule has 3 aromatic rings. The maximum atomic E-state index is 13.3. The van der Waals surface area contributed by atoms with Gasteiger partial charge in [-0.05, 0) is 49.8 Å². The first-order valence-electron chi connectivity index (χ1n) is 10.5. The van der Waals surface area contributed by atoms with Crippen LogP contribution in [0.25, 0.3) is 21.9 Å². The second-order valence-corrected chi connectivity index (χ2v) is 8.93. The molecule has 0 saturated heterocycles. The van der Waals surface area contributed by atoms with E-state index >= 15 is 0 Å². The fraction of sp³-hybridized carbons (Fsp3) is 0.435. The number of carbonyl (C=O) groups excluding carboxylic acids is 1. The Hall–Kier alpha value is -2.68. The third-order valence-corrected chi connectivity index (χ3v) is 6.69. The molecule has 6 nitrogen and oxygen atoms in total. The van der Waals surface area contributed by atoms with E-state index in [1.54, 1.807) is 29.7 Å². The van der Waals surface area contributed by atoms with Crippen molar-refractivity contribution < 1.29 is 19.7 Å². The molecule has 2 heterocycles. The molecule has 0 unspecified atom stereocenters. The number of halogens is 2. The predicted molar refractivity (Wildman–Crippen MR) is 125 cm³/mol. The first-order valence-corrected chi connectivity index (χ1v) is 11.7. The minimum Gasteiger partial charge on any atom is -0.465 e. The summed E-state index contributed by atoms with van der Waals surface area (Å²) in [5, 5.41) is 4.01. The highest BCUT2D eigenvalue weighted by Gasteiger charge is 2.44. The molecule has 1 N–H and O–H groups in total. The molecule has 0 atom stereocenters. The van der Waals surface area contributed by atoms with Gasteiger partial charge in [-0.15, -0.1) is 11.8 Å². The van der Waals surface area contributed by atoms with E-state index < -0.39 is 11.9 Å². The molecule has 0 bridgehead atoms. The topological polar surface area (TPSA) is 73.2 Å². The Bertz CT molecular complexity index is 1260. The van der Waals surface area contributed by atoms with Crippen molar-refractivity contribution in [3.05, 3.63) is 40.1 Å². The molecular weight excluding hydrogens is 436 g/mol. The zero-order chi connectivity index (χ0) is 23.0. The van der Waals surface area contributed by atoms with E-state index in [1.807, 2.05) is 19.2 Å². The van der Waals surface area contributed by atoms with E-state index in [9.17, 15) is 18.4 Å². The van der Waals surface area contributed by atoms with Gasteiger partial charge < -0.3 is 14.6 Å². The number of thioether (sulfide) groups is 1. The smallest absolute Gasteiger partial charge is 0.326 e. The SMILES string of the molecule is CCOC(=O)Cn1c2nc(NCC3CC(F)(F)C3)ccc2c(=O)c2ccc(C)c(SC)c21.[HH]. The molecule has 1 fully saturated rings. The number of alkyl halides is 2. The normalized spacial score (nSPS) is 15.7. The molecule has 0 radical (unpaired) electrons. The van der Waals surface area contributed by atoms with Crippen molar-refractivity contribution in [3.63, 3.8) is 0 Å². The molecule has 32 heavy (non-hydrogen) atoms. The first kappa shape index (κ1) is 22.5. The number of hydrogen-bond donors (Lipinski definition) is 1. The summed E-state index contributed by atoms with van der Waals surface area (Å²) in [7, 11) is 0. The summed E-state index contributed by atoms with van der Waals surface area (Å²) in [6.45, 7) is 4.22. The Morgan fingerprint density at radius 2 is 2.03 bits per heavy atom. The Kier molecular flexibility index (Phi) is 6.11. The summed E-state index contributed by atoms with van der Waals surface area (Å²) in [6, 6.07) is 7.01. The van der Waals surface area contributed by atoms with Gasteiger partial charge in [-0.2, -0.15) is 0 Å². The second kappa shape index (κ2) is 8.69. The van der Waals surface area contributed by atoms with Crippen LogP contribution >= 0.6 is 11.8 Å². The number of ether oxygens (including phenoxy) is 1. The highest BCUT2D eigenvalue weighted by Crippen LogP contribution is 2.42. The van der Waals surface area contributed by atoms with Crippen LogP contribution in [0.2, 0.25) is 0 Å². The molecule has 1 aliphatic rings. The Morgan fingerprint density at radius 3 is 2.69 bits per heavy atom. The lowest BCUT2D eigenvalue weighted by molar-refractivity contribution is -0.143. The molecular formula is C23H27F2N3O3S. The molecule has 2 aromatic heterocycles. The van der Waals surface area contributed by atoms with Crippen molar-refractivity contribution in [2.45, 2.75) is 44.1 Å². The third-order valence-electron chi connectivity index (χ3n) is 5.76. The highest BCUT2D eigenvalue weighted by molar-refractivity contribution is 7.98. The van der Waals surface area contributed by atoms with E-state index in [0.29, 0.717) is 34.3 Å². The lowest BCUT2D eigenvalue weighted by Crippen LogP contribution is -2.39. The zero-order valence-electron chi connectivity index (χ0n) is 18.2. The maximum absolute atomic E-state index is 13.3. The second-order valence-electron chi connectivity index (χ2n) is 8.11. The van der Waals surface area contributed by atoms with Crippen molar-refractivity contribution in [2.24, 2.45) is 5.92 Å².